The van der Waals surface area contributed by atoms with E-state index in [-0.39, 0.29) is 16.8 Å². The van der Waals surface area contributed by atoms with Gasteiger partial charge >= 0.3 is 0 Å². The van der Waals surface area contributed by atoms with E-state index in [1.807, 2.05) is 32.9 Å². The fraction of sp³-hybridized carbons (Fsp3) is 0.208. The number of nitrogens with zero attached hydrogens (tertiary/aromatic N) is 1. The lowest BCUT2D eigenvalue weighted by atomic mass is 10.00. The van der Waals surface area contributed by atoms with Crippen molar-refractivity contribution >= 4 is 21.6 Å². The highest BCUT2D eigenvalue weighted by Crippen LogP contribution is 2.24. The highest BCUT2D eigenvalue weighted by molar-refractivity contribution is 7.92. The van der Waals surface area contributed by atoms with Crippen LogP contribution < -0.4 is 9.62 Å². The van der Waals surface area contributed by atoms with Gasteiger partial charge in [0.1, 0.15) is 0 Å². The average Bonchev–Trinajstić information content (AvgIpc) is 2.73. The van der Waals surface area contributed by atoms with Crippen LogP contribution in [0.5, 0.6) is 0 Å². The standard InChI is InChI=1S/C24H26N2O3S/c1-17-13-14-23(18(2)15-17)19(3)25-24(27)20-9-8-10-21(16-20)26(4)30(28,29)22-11-6-5-7-12-22/h5-16,19H,1-4H3,(H,25,27). The second-order valence-electron chi connectivity index (χ2n) is 7.39. The molecule has 5 nitrogen and oxygen atoms in total. The van der Waals surface area contributed by atoms with Crippen molar-refractivity contribution in [2.75, 3.05) is 11.4 Å². The van der Waals surface area contributed by atoms with Gasteiger partial charge in [-0.15, -0.1) is 0 Å². The first-order valence-corrected chi connectivity index (χ1v) is 11.2. The number of hydrogen-bond donors (Lipinski definition) is 1. The van der Waals surface area contributed by atoms with Crippen LogP contribution in [0.25, 0.3) is 0 Å². The average molecular weight is 423 g/mol. The SMILES string of the molecule is Cc1ccc(C(C)NC(=O)c2cccc(N(C)S(=O)(=O)c3ccccc3)c2)c(C)c1. The normalized spacial score (nSPS) is 12.3. The number of carbonyl (C=O) groups is 1. The fourth-order valence-electron chi connectivity index (χ4n) is 3.40. The van der Waals surface area contributed by atoms with Crippen molar-refractivity contribution in [3.05, 3.63) is 95.1 Å². The molecule has 0 aliphatic rings. The van der Waals surface area contributed by atoms with Gasteiger partial charge < -0.3 is 5.32 Å². The van der Waals surface area contributed by atoms with Gasteiger partial charge in [0.05, 0.1) is 16.6 Å². The van der Waals surface area contributed by atoms with Crippen LogP contribution in [-0.2, 0) is 10.0 Å². The van der Waals surface area contributed by atoms with Gasteiger partial charge in [0, 0.05) is 12.6 Å². The van der Waals surface area contributed by atoms with Crippen LogP contribution in [0.15, 0.2) is 77.7 Å². The molecule has 0 bridgehead atoms. The molecule has 1 amide bonds. The van der Waals surface area contributed by atoms with Gasteiger partial charge in [-0.1, -0.05) is 48.0 Å². The first-order chi connectivity index (χ1) is 14.2. The van der Waals surface area contributed by atoms with E-state index < -0.39 is 10.0 Å². The molecule has 0 saturated carbocycles. The van der Waals surface area contributed by atoms with E-state index in [1.54, 1.807) is 54.6 Å². The number of hydrogen-bond acceptors (Lipinski definition) is 3. The van der Waals surface area contributed by atoms with Crippen molar-refractivity contribution in [3.63, 3.8) is 0 Å². The van der Waals surface area contributed by atoms with Gasteiger partial charge in [0.15, 0.2) is 0 Å². The molecule has 0 fully saturated rings. The summed E-state index contributed by atoms with van der Waals surface area (Å²) in [6.45, 7) is 5.99. The summed E-state index contributed by atoms with van der Waals surface area (Å²) in [5.41, 5.74) is 4.16. The number of carbonyl (C=O) groups excluding carboxylic acids is 1. The molecule has 3 aromatic carbocycles. The molecule has 30 heavy (non-hydrogen) atoms. The number of rotatable bonds is 6. The Balaban J connectivity index is 1.81. The summed E-state index contributed by atoms with van der Waals surface area (Å²) in [5, 5.41) is 3.00. The molecule has 3 rings (SSSR count). The number of amides is 1. The Morgan fingerprint density at radius 1 is 0.933 bits per heavy atom. The van der Waals surface area contributed by atoms with E-state index in [9.17, 15) is 13.2 Å². The van der Waals surface area contributed by atoms with Crippen LogP contribution in [0.2, 0.25) is 0 Å². The van der Waals surface area contributed by atoms with Crippen LogP contribution in [0.4, 0.5) is 5.69 Å². The van der Waals surface area contributed by atoms with Gasteiger partial charge in [-0.05, 0) is 62.2 Å². The van der Waals surface area contributed by atoms with Crippen molar-refractivity contribution in [2.45, 2.75) is 31.7 Å². The second-order valence-corrected chi connectivity index (χ2v) is 9.36. The molecule has 0 radical (unpaired) electrons. The molecule has 0 spiro atoms. The Hall–Kier alpha value is -3.12. The fourth-order valence-corrected chi connectivity index (χ4v) is 4.61. The maximum atomic E-state index is 12.9. The lowest BCUT2D eigenvalue weighted by Gasteiger charge is -2.21. The quantitative estimate of drug-likeness (QED) is 0.630. The van der Waals surface area contributed by atoms with E-state index in [0.29, 0.717) is 11.3 Å². The van der Waals surface area contributed by atoms with Crippen LogP contribution in [0.1, 0.15) is 40.0 Å². The number of nitrogens with one attached hydrogen (secondary N) is 1. The third-order valence-electron chi connectivity index (χ3n) is 5.11. The molecule has 0 aliphatic heterocycles. The van der Waals surface area contributed by atoms with E-state index in [0.717, 1.165) is 11.1 Å². The molecule has 6 heteroatoms. The highest BCUT2D eigenvalue weighted by atomic mass is 32.2. The molecule has 1 atom stereocenters. The minimum Gasteiger partial charge on any atom is -0.346 e. The van der Waals surface area contributed by atoms with Crippen molar-refractivity contribution < 1.29 is 13.2 Å². The molecule has 3 aromatic rings. The molecule has 156 valence electrons. The van der Waals surface area contributed by atoms with Crippen LogP contribution in [0.3, 0.4) is 0 Å². The maximum Gasteiger partial charge on any atom is 0.264 e. The lowest BCUT2D eigenvalue weighted by molar-refractivity contribution is 0.0940. The summed E-state index contributed by atoms with van der Waals surface area (Å²) in [6.07, 6.45) is 0. The Morgan fingerprint density at radius 2 is 1.63 bits per heavy atom. The highest BCUT2D eigenvalue weighted by Gasteiger charge is 2.22. The Morgan fingerprint density at radius 3 is 2.30 bits per heavy atom. The van der Waals surface area contributed by atoms with Gasteiger partial charge in [-0.25, -0.2) is 8.42 Å². The summed E-state index contributed by atoms with van der Waals surface area (Å²) in [7, 11) is -2.22. The third kappa shape index (κ3) is 4.54. The van der Waals surface area contributed by atoms with E-state index in [4.69, 9.17) is 0 Å². The van der Waals surface area contributed by atoms with E-state index in [1.165, 1.54) is 16.9 Å². The van der Waals surface area contributed by atoms with Gasteiger partial charge in [0.2, 0.25) is 0 Å². The van der Waals surface area contributed by atoms with Crippen molar-refractivity contribution in [1.82, 2.24) is 5.32 Å². The van der Waals surface area contributed by atoms with E-state index >= 15 is 0 Å². The van der Waals surface area contributed by atoms with Gasteiger partial charge in [-0.3, -0.25) is 9.10 Å². The van der Waals surface area contributed by atoms with Crippen molar-refractivity contribution in [1.29, 1.82) is 0 Å². The molecule has 0 saturated heterocycles. The van der Waals surface area contributed by atoms with Crippen LogP contribution in [-0.4, -0.2) is 21.4 Å². The second kappa shape index (κ2) is 8.71. The monoisotopic (exact) mass is 422 g/mol. The summed E-state index contributed by atoms with van der Waals surface area (Å²) in [4.78, 5) is 13.0. The number of anilines is 1. The molecular formula is C24H26N2O3S. The molecular weight excluding hydrogens is 396 g/mol. The third-order valence-corrected chi connectivity index (χ3v) is 6.91. The zero-order valence-corrected chi connectivity index (χ0v) is 18.4. The molecule has 1 N–H and O–H groups in total. The molecule has 0 aromatic heterocycles. The topological polar surface area (TPSA) is 66.5 Å². The van der Waals surface area contributed by atoms with Crippen LogP contribution in [0, 0.1) is 13.8 Å². The van der Waals surface area contributed by atoms with Crippen molar-refractivity contribution in [2.24, 2.45) is 0 Å². The zero-order valence-electron chi connectivity index (χ0n) is 17.6. The largest absolute Gasteiger partial charge is 0.346 e. The molecule has 0 aliphatic carbocycles. The first-order valence-electron chi connectivity index (χ1n) is 9.72. The minimum atomic E-state index is -3.71. The first kappa shape index (κ1) is 21.6. The Bertz CT molecular complexity index is 1160. The lowest BCUT2D eigenvalue weighted by Crippen LogP contribution is -2.29. The maximum absolute atomic E-state index is 12.9. The van der Waals surface area contributed by atoms with Gasteiger partial charge in [0.25, 0.3) is 15.9 Å². The van der Waals surface area contributed by atoms with Crippen molar-refractivity contribution in [3.8, 4) is 0 Å². The van der Waals surface area contributed by atoms with Gasteiger partial charge in [-0.2, -0.15) is 0 Å². The summed E-state index contributed by atoms with van der Waals surface area (Å²) in [5.74, 6) is -0.255. The number of aryl methyl sites for hydroxylation is 2. The summed E-state index contributed by atoms with van der Waals surface area (Å²) in [6, 6.07) is 20.8. The summed E-state index contributed by atoms with van der Waals surface area (Å²) >= 11 is 0. The molecule has 1 unspecified atom stereocenters. The van der Waals surface area contributed by atoms with E-state index in [2.05, 4.69) is 11.4 Å². The summed E-state index contributed by atoms with van der Waals surface area (Å²) < 4.78 is 26.9. The number of sulfonamides is 1. The zero-order chi connectivity index (χ0) is 21.9. The molecule has 0 heterocycles. The Labute approximate surface area is 178 Å². The van der Waals surface area contributed by atoms with Crippen LogP contribution >= 0.6 is 0 Å². The number of benzene rings is 3. The minimum absolute atomic E-state index is 0.174. The smallest absolute Gasteiger partial charge is 0.264 e. The predicted molar refractivity (Wildman–Crippen MR) is 120 cm³/mol. The predicted octanol–water partition coefficient (Wildman–Crippen LogP) is 4.62. The Kier molecular flexibility index (Phi) is 6.27.